The smallest absolute Gasteiger partial charge is 0.257 e. The van der Waals surface area contributed by atoms with Crippen LogP contribution >= 0.6 is 0 Å². The summed E-state index contributed by atoms with van der Waals surface area (Å²) in [6, 6.07) is 17.4. The number of nitrogens with zero attached hydrogens (tertiary/aromatic N) is 1. The molecule has 0 bridgehead atoms. The van der Waals surface area contributed by atoms with Crippen molar-refractivity contribution < 1.29 is 19.7 Å². The van der Waals surface area contributed by atoms with Crippen molar-refractivity contribution in [2.24, 2.45) is 5.41 Å². The first-order valence-electron chi connectivity index (χ1n) is 10.4. The molecule has 0 aromatic heterocycles. The molecule has 2 atom stereocenters. The van der Waals surface area contributed by atoms with E-state index in [2.05, 4.69) is 12.1 Å². The summed E-state index contributed by atoms with van der Waals surface area (Å²) >= 11 is 0. The lowest BCUT2D eigenvalue weighted by Gasteiger charge is -2.45. The van der Waals surface area contributed by atoms with E-state index < -0.39 is 11.5 Å². The molecule has 29 heavy (non-hydrogen) atoms. The van der Waals surface area contributed by atoms with Crippen LogP contribution in [0, 0.1) is 5.41 Å². The van der Waals surface area contributed by atoms with Crippen molar-refractivity contribution in [1.29, 1.82) is 0 Å². The molecule has 0 radical (unpaired) electrons. The Morgan fingerprint density at radius 1 is 1.17 bits per heavy atom. The molecule has 156 valence electrons. The van der Waals surface area contributed by atoms with Crippen molar-refractivity contribution in [3.63, 3.8) is 0 Å². The van der Waals surface area contributed by atoms with Crippen LogP contribution in [0.2, 0.25) is 0 Å². The van der Waals surface area contributed by atoms with E-state index in [1.807, 2.05) is 43.3 Å². The number of benzene rings is 2. The number of hydrogen-bond donors (Lipinski definition) is 2. The van der Waals surface area contributed by atoms with E-state index in [0.29, 0.717) is 43.9 Å². The predicted molar refractivity (Wildman–Crippen MR) is 113 cm³/mol. The monoisotopic (exact) mass is 397 g/mol. The van der Waals surface area contributed by atoms with E-state index in [-0.39, 0.29) is 12.5 Å². The van der Waals surface area contributed by atoms with Gasteiger partial charge in [0.25, 0.3) is 5.91 Å². The standard InChI is InChI=1S/C24H31NO4/c1-2-14-24(18-26)17-25(15-12-22(24)27)23(28)20-10-6-7-11-21(20)29-16-13-19-8-4-3-5-9-19/h3-11,22,26-27H,2,12-18H2,1H3/t22-,24+/m1/s1. The normalized spacial score (nSPS) is 21.8. The Morgan fingerprint density at radius 3 is 2.62 bits per heavy atom. The molecule has 0 saturated carbocycles. The zero-order valence-corrected chi connectivity index (χ0v) is 17.1. The van der Waals surface area contributed by atoms with Gasteiger partial charge < -0.3 is 19.8 Å². The first-order chi connectivity index (χ1) is 14.1. The Labute approximate surface area is 172 Å². The summed E-state index contributed by atoms with van der Waals surface area (Å²) < 4.78 is 5.95. The molecule has 1 amide bonds. The van der Waals surface area contributed by atoms with Crippen LogP contribution < -0.4 is 4.74 Å². The maximum atomic E-state index is 13.3. The van der Waals surface area contributed by atoms with Crippen LogP contribution in [-0.2, 0) is 6.42 Å². The largest absolute Gasteiger partial charge is 0.492 e. The molecule has 2 aromatic carbocycles. The second-order valence-electron chi connectivity index (χ2n) is 7.88. The van der Waals surface area contributed by atoms with E-state index in [1.54, 1.807) is 11.0 Å². The summed E-state index contributed by atoms with van der Waals surface area (Å²) in [6.45, 7) is 3.23. The van der Waals surface area contributed by atoms with Gasteiger partial charge in [-0.1, -0.05) is 55.8 Å². The maximum Gasteiger partial charge on any atom is 0.257 e. The lowest BCUT2D eigenvalue weighted by molar-refractivity contribution is -0.0720. The highest BCUT2D eigenvalue weighted by Gasteiger charge is 2.43. The topological polar surface area (TPSA) is 70.0 Å². The number of carbonyl (C=O) groups excluding carboxylic acids is 1. The van der Waals surface area contributed by atoms with Crippen molar-refractivity contribution in [3.8, 4) is 5.75 Å². The minimum atomic E-state index is -0.647. The molecule has 1 aliphatic rings. The van der Waals surface area contributed by atoms with Gasteiger partial charge in [0.15, 0.2) is 0 Å². The van der Waals surface area contributed by atoms with E-state index in [4.69, 9.17) is 4.74 Å². The molecule has 5 nitrogen and oxygen atoms in total. The van der Waals surface area contributed by atoms with Crippen LogP contribution in [0.1, 0.15) is 42.1 Å². The highest BCUT2D eigenvalue weighted by atomic mass is 16.5. The average Bonchev–Trinajstić information content (AvgIpc) is 2.76. The molecular formula is C24H31NO4. The predicted octanol–water partition coefficient (Wildman–Crippen LogP) is 3.29. The van der Waals surface area contributed by atoms with Crippen molar-refractivity contribution in [1.82, 2.24) is 4.90 Å². The van der Waals surface area contributed by atoms with Crippen LogP contribution in [0.5, 0.6) is 5.75 Å². The zero-order valence-electron chi connectivity index (χ0n) is 17.1. The van der Waals surface area contributed by atoms with Crippen molar-refractivity contribution in [2.45, 2.75) is 38.7 Å². The Kier molecular flexibility index (Phi) is 7.29. The summed E-state index contributed by atoms with van der Waals surface area (Å²) in [7, 11) is 0. The van der Waals surface area contributed by atoms with Crippen LogP contribution in [-0.4, -0.2) is 53.4 Å². The first-order valence-corrected chi connectivity index (χ1v) is 10.4. The fraction of sp³-hybridized carbons (Fsp3) is 0.458. The van der Waals surface area contributed by atoms with Crippen molar-refractivity contribution in [2.75, 3.05) is 26.3 Å². The second kappa shape index (κ2) is 9.90. The molecule has 5 heteroatoms. The van der Waals surface area contributed by atoms with Gasteiger partial charge in [-0.2, -0.15) is 0 Å². The molecule has 1 saturated heterocycles. The van der Waals surface area contributed by atoms with Crippen molar-refractivity contribution >= 4 is 5.91 Å². The maximum absolute atomic E-state index is 13.3. The van der Waals surface area contributed by atoms with Crippen LogP contribution in [0.25, 0.3) is 0 Å². The Bertz CT molecular complexity index is 794. The van der Waals surface area contributed by atoms with E-state index in [0.717, 1.165) is 12.8 Å². The number of hydrogen-bond acceptors (Lipinski definition) is 4. The number of para-hydroxylation sites is 1. The van der Waals surface area contributed by atoms with Gasteiger partial charge in [0.2, 0.25) is 0 Å². The third-order valence-electron chi connectivity index (χ3n) is 5.84. The van der Waals surface area contributed by atoms with Gasteiger partial charge in [0, 0.05) is 24.9 Å². The Hall–Kier alpha value is -2.37. The number of piperidine rings is 1. The number of rotatable bonds is 8. The third-order valence-corrected chi connectivity index (χ3v) is 5.84. The lowest BCUT2D eigenvalue weighted by atomic mass is 9.74. The van der Waals surface area contributed by atoms with Gasteiger partial charge in [-0.25, -0.2) is 0 Å². The Morgan fingerprint density at radius 2 is 1.90 bits per heavy atom. The quantitative estimate of drug-likeness (QED) is 0.717. The van der Waals surface area contributed by atoms with Gasteiger partial charge in [0.05, 0.1) is 24.9 Å². The number of carbonyl (C=O) groups is 1. The third kappa shape index (κ3) is 4.98. The summed E-state index contributed by atoms with van der Waals surface area (Å²) in [6.07, 6.45) is 2.18. The van der Waals surface area contributed by atoms with E-state index in [9.17, 15) is 15.0 Å². The highest BCUT2D eigenvalue weighted by Crippen LogP contribution is 2.35. The van der Waals surface area contributed by atoms with Gasteiger partial charge >= 0.3 is 0 Å². The summed E-state index contributed by atoms with van der Waals surface area (Å²) in [5, 5.41) is 20.4. The molecular weight excluding hydrogens is 366 g/mol. The summed E-state index contributed by atoms with van der Waals surface area (Å²) in [4.78, 5) is 15.0. The van der Waals surface area contributed by atoms with Crippen LogP contribution in [0.4, 0.5) is 0 Å². The number of ether oxygens (including phenoxy) is 1. The van der Waals surface area contributed by atoms with Gasteiger partial charge in [-0.15, -0.1) is 0 Å². The summed E-state index contributed by atoms with van der Waals surface area (Å²) in [5.74, 6) is 0.464. The van der Waals surface area contributed by atoms with Crippen LogP contribution in [0.3, 0.4) is 0 Å². The van der Waals surface area contributed by atoms with E-state index in [1.165, 1.54) is 5.56 Å². The number of amides is 1. The fourth-order valence-corrected chi connectivity index (χ4v) is 4.16. The van der Waals surface area contributed by atoms with Crippen LogP contribution in [0.15, 0.2) is 54.6 Å². The molecule has 1 aliphatic heterocycles. The SMILES string of the molecule is CCC[C@@]1(CO)CN(C(=O)c2ccccc2OCCc2ccccc2)CC[C@H]1O. The molecule has 0 spiro atoms. The highest BCUT2D eigenvalue weighted by molar-refractivity contribution is 5.97. The molecule has 1 fully saturated rings. The second-order valence-corrected chi connectivity index (χ2v) is 7.88. The lowest BCUT2D eigenvalue weighted by Crippen LogP contribution is -2.55. The summed E-state index contributed by atoms with van der Waals surface area (Å²) in [5.41, 5.74) is 1.07. The number of aliphatic hydroxyl groups excluding tert-OH is 2. The molecule has 2 aromatic rings. The van der Waals surface area contributed by atoms with Crippen molar-refractivity contribution in [3.05, 3.63) is 65.7 Å². The molecule has 2 N–H and O–H groups in total. The molecule has 1 heterocycles. The minimum absolute atomic E-state index is 0.110. The number of likely N-dealkylation sites (tertiary alicyclic amines) is 1. The van der Waals surface area contributed by atoms with Gasteiger partial charge in [-0.3, -0.25) is 4.79 Å². The molecule has 3 rings (SSSR count). The van der Waals surface area contributed by atoms with E-state index >= 15 is 0 Å². The first kappa shape index (κ1) is 21.3. The molecule has 0 unspecified atom stereocenters. The minimum Gasteiger partial charge on any atom is -0.492 e. The van der Waals surface area contributed by atoms with Gasteiger partial charge in [-0.05, 0) is 30.5 Å². The average molecular weight is 398 g/mol. The zero-order chi connectivity index (χ0) is 20.7. The fourth-order valence-electron chi connectivity index (χ4n) is 4.16. The van der Waals surface area contributed by atoms with Gasteiger partial charge in [0.1, 0.15) is 5.75 Å². The Balaban J connectivity index is 1.70. The molecule has 0 aliphatic carbocycles. The number of aliphatic hydroxyl groups is 2.